The van der Waals surface area contributed by atoms with Gasteiger partial charge in [0.25, 0.3) is 11.8 Å². The molecule has 0 atom stereocenters. The first kappa shape index (κ1) is 25.6. The number of hydrogen-bond acceptors (Lipinski definition) is 6. The van der Waals surface area contributed by atoms with E-state index < -0.39 is 21.8 Å². The lowest BCUT2D eigenvalue weighted by Crippen LogP contribution is -2.42. The van der Waals surface area contributed by atoms with Crippen LogP contribution in [-0.4, -0.2) is 55.9 Å². The fourth-order valence-electron chi connectivity index (χ4n) is 3.56. The van der Waals surface area contributed by atoms with Crippen LogP contribution in [0, 0.1) is 5.92 Å². The zero-order chi connectivity index (χ0) is 24.9. The number of aryl methyl sites for hydroxylation is 1. The summed E-state index contributed by atoms with van der Waals surface area (Å²) >= 11 is 0. The van der Waals surface area contributed by atoms with Crippen LogP contribution in [0.15, 0.2) is 35.4 Å². The smallest absolute Gasteiger partial charge is 0.286 e. The Balaban J connectivity index is 1.64. The van der Waals surface area contributed by atoms with E-state index in [1.54, 1.807) is 19.2 Å². The maximum Gasteiger partial charge on any atom is 0.286 e. The van der Waals surface area contributed by atoms with Crippen molar-refractivity contribution in [1.29, 1.82) is 0 Å². The molecule has 0 radical (unpaired) electrons. The number of sulfonamides is 1. The standard InChI is InChI=1S/C23H32N4O6S/c1-16(2)9-12-33-20-8-7-17(13-21(20)32-4)22(28)24-25-23(29)19-14-18(15-26(19)3)34(30,31)27-10-5-6-11-27/h7-8,13-16H,5-6,9-12H2,1-4H3,(H,24,28)(H,25,29). The van der Waals surface area contributed by atoms with E-state index in [2.05, 4.69) is 24.7 Å². The summed E-state index contributed by atoms with van der Waals surface area (Å²) in [4.78, 5) is 25.2. The van der Waals surface area contributed by atoms with Gasteiger partial charge in [0.05, 0.1) is 13.7 Å². The summed E-state index contributed by atoms with van der Waals surface area (Å²) in [7, 11) is -0.597. The van der Waals surface area contributed by atoms with E-state index in [4.69, 9.17) is 9.47 Å². The van der Waals surface area contributed by atoms with Crippen molar-refractivity contribution in [3.63, 3.8) is 0 Å². The molecular weight excluding hydrogens is 460 g/mol. The topological polar surface area (TPSA) is 119 Å². The van der Waals surface area contributed by atoms with Crippen molar-refractivity contribution in [2.45, 2.75) is 38.0 Å². The van der Waals surface area contributed by atoms with E-state index in [9.17, 15) is 18.0 Å². The fraction of sp³-hybridized carbons (Fsp3) is 0.478. The lowest BCUT2D eigenvalue weighted by Gasteiger charge is -2.13. The van der Waals surface area contributed by atoms with Gasteiger partial charge in [0.1, 0.15) is 10.6 Å². The van der Waals surface area contributed by atoms with E-state index in [1.807, 2.05) is 0 Å². The highest BCUT2D eigenvalue weighted by Gasteiger charge is 2.29. The van der Waals surface area contributed by atoms with Crippen LogP contribution in [0.2, 0.25) is 0 Å². The number of methoxy groups -OCH3 is 1. The second-order valence-corrected chi connectivity index (χ2v) is 10.5. The molecule has 186 valence electrons. The summed E-state index contributed by atoms with van der Waals surface area (Å²) in [5, 5.41) is 0. The van der Waals surface area contributed by atoms with Gasteiger partial charge >= 0.3 is 0 Å². The van der Waals surface area contributed by atoms with Gasteiger partial charge in [0.2, 0.25) is 10.0 Å². The van der Waals surface area contributed by atoms with E-state index in [1.165, 1.54) is 34.3 Å². The largest absolute Gasteiger partial charge is 0.493 e. The third kappa shape index (κ3) is 5.89. The van der Waals surface area contributed by atoms with Crippen molar-refractivity contribution in [3.05, 3.63) is 41.7 Å². The number of nitrogens with zero attached hydrogens (tertiary/aromatic N) is 2. The zero-order valence-electron chi connectivity index (χ0n) is 20.0. The third-order valence-corrected chi connectivity index (χ3v) is 7.45. The molecule has 2 heterocycles. The predicted octanol–water partition coefficient (Wildman–Crippen LogP) is 2.32. The molecule has 10 nitrogen and oxygen atoms in total. The van der Waals surface area contributed by atoms with Crippen molar-refractivity contribution in [3.8, 4) is 11.5 Å². The van der Waals surface area contributed by atoms with E-state index >= 15 is 0 Å². The summed E-state index contributed by atoms with van der Waals surface area (Å²) in [6.45, 7) is 5.68. The zero-order valence-corrected chi connectivity index (χ0v) is 20.8. The summed E-state index contributed by atoms with van der Waals surface area (Å²) in [5.74, 6) is 0.236. The first-order valence-corrected chi connectivity index (χ1v) is 12.7. The Hall–Kier alpha value is -3.05. The minimum atomic E-state index is -3.65. The van der Waals surface area contributed by atoms with Crippen molar-refractivity contribution < 1.29 is 27.5 Å². The number of rotatable bonds is 9. The second kappa shape index (κ2) is 10.9. The number of hydrogen-bond donors (Lipinski definition) is 2. The molecule has 0 spiro atoms. The molecule has 0 bridgehead atoms. The van der Waals surface area contributed by atoms with Crippen molar-refractivity contribution >= 4 is 21.8 Å². The van der Waals surface area contributed by atoms with Crippen LogP contribution in [-0.2, 0) is 17.1 Å². The Bertz CT molecular complexity index is 1140. The number of carbonyl (C=O) groups is 2. The Labute approximate surface area is 200 Å². The first-order chi connectivity index (χ1) is 16.1. The highest BCUT2D eigenvalue weighted by atomic mass is 32.2. The highest BCUT2D eigenvalue weighted by Crippen LogP contribution is 2.28. The Kier molecular flexibility index (Phi) is 8.21. The highest BCUT2D eigenvalue weighted by molar-refractivity contribution is 7.89. The van der Waals surface area contributed by atoms with Crippen LogP contribution in [0.3, 0.4) is 0 Å². The molecule has 2 amide bonds. The molecule has 11 heteroatoms. The lowest BCUT2D eigenvalue weighted by atomic mass is 10.1. The van der Waals surface area contributed by atoms with Crippen LogP contribution in [0.25, 0.3) is 0 Å². The molecular formula is C23H32N4O6S. The molecule has 1 aliphatic rings. The minimum Gasteiger partial charge on any atom is -0.493 e. The van der Waals surface area contributed by atoms with Crippen LogP contribution >= 0.6 is 0 Å². The summed E-state index contributed by atoms with van der Waals surface area (Å²) in [6, 6.07) is 6.04. The van der Waals surface area contributed by atoms with Gasteiger partial charge in [-0.15, -0.1) is 0 Å². The Morgan fingerprint density at radius 3 is 2.38 bits per heavy atom. The average molecular weight is 493 g/mol. The lowest BCUT2D eigenvalue weighted by molar-refractivity contribution is 0.0842. The molecule has 3 rings (SSSR count). The molecule has 2 aromatic rings. The summed E-state index contributed by atoms with van der Waals surface area (Å²) in [5.41, 5.74) is 5.04. The molecule has 1 fully saturated rings. The average Bonchev–Trinajstić information content (AvgIpc) is 3.48. The maximum atomic E-state index is 12.7. The van der Waals surface area contributed by atoms with Crippen LogP contribution in [0.4, 0.5) is 0 Å². The van der Waals surface area contributed by atoms with Gasteiger partial charge in [0.15, 0.2) is 11.5 Å². The molecule has 1 saturated heterocycles. The van der Waals surface area contributed by atoms with E-state index in [-0.39, 0.29) is 16.2 Å². The number of ether oxygens (including phenoxy) is 2. The molecule has 0 saturated carbocycles. The maximum absolute atomic E-state index is 12.7. The molecule has 0 unspecified atom stereocenters. The normalized spacial score (nSPS) is 14.3. The van der Waals surface area contributed by atoms with Gasteiger partial charge in [-0.25, -0.2) is 8.42 Å². The van der Waals surface area contributed by atoms with Crippen molar-refractivity contribution in [1.82, 2.24) is 19.7 Å². The number of hydrazine groups is 1. The summed E-state index contributed by atoms with van der Waals surface area (Å²) in [6.07, 6.45) is 3.92. The number of carbonyl (C=O) groups excluding carboxylic acids is 2. The first-order valence-electron chi connectivity index (χ1n) is 11.2. The molecule has 1 aliphatic heterocycles. The quantitative estimate of drug-likeness (QED) is 0.519. The number of benzene rings is 1. The van der Waals surface area contributed by atoms with Crippen molar-refractivity contribution in [2.24, 2.45) is 13.0 Å². The number of amides is 2. The molecule has 0 aliphatic carbocycles. The third-order valence-electron chi connectivity index (χ3n) is 5.58. The monoisotopic (exact) mass is 492 g/mol. The van der Waals surface area contributed by atoms with Crippen LogP contribution < -0.4 is 20.3 Å². The Morgan fingerprint density at radius 2 is 1.74 bits per heavy atom. The minimum absolute atomic E-state index is 0.0474. The van der Waals surface area contributed by atoms with Crippen molar-refractivity contribution in [2.75, 3.05) is 26.8 Å². The number of nitrogens with one attached hydrogen (secondary N) is 2. The van der Waals surface area contributed by atoms with Gasteiger partial charge in [0, 0.05) is 31.9 Å². The Morgan fingerprint density at radius 1 is 1.06 bits per heavy atom. The summed E-state index contributed by atoms with van der Waals surface area (Å²) < 4.78 is 39.4. The number of aromatic nitrogens is 1. The van der Waals surface area contributed by atoms with Gasteiger partial charge in [-0.3, -0.25) is 20.4 Å². The molecule has 1 aromatic carbocycles. The predicted molar refractivity (Wildman–Crippen MR) is 126 cm³/mol. The van der Waals surface area contributed by atoms with Crippen LogP contribution in [0.5, 0.6) is 11.5 Å². The molecule has 2 N–H and O–H groups in total. The van der Waals surface area contributed by atoms with Gasteiger partial charge in [-0.1, -0.05) is 13.8 Å². The fourth-order valence-corrected chi connectivity index (χ4v) is 5.15. The van der Waals surface area contributed by atoms with Gasteiger partial charge in [-0.05, 0) is 49.4 Å². The molecule has 1 aromatic heterocycles. The van der Waals surface area contributed by atoms with Gasteiger partial charge in [-0.2, -0.15) is 4.31 Å². The molecule has 34 heavy (non-hydrogen) atoms. The SMILES string of the molecule is COc1cc(C(=O)NNC(=O)c2cc(S(=O)(=O)N3CCCC3)cn2C)ccc1OCCC(C)C. The van der Waals surface area contributed by atoms with Gasteiger partial charge < -0.3 is 14.0 Å². The second-order valence-electron chi connectivity index (χ2n) is 8.59. The van der Waals surface area contributed by atoms with Crippen LogP contribution in [0.1, 0.15) is 54.0 Å². The van der Waals surface area contributed by atoms with E-state index in [0.29, 0.717) is 37.1 Å². The van der Waals surface area contributed by atoms with E-state index in [0.717, 1.165) is 19.3 Å².